The zero-order chi connectivity index (χ0) is 12.8. The maximum Gasteiger partial charge on any atom is 0.185 e. The van der Waals surface area contributed by atoms with Crippen molar-refractivity contribution in [3.63, 3.8) is 0 Å². The smallest absolute Gasteiger partial charge is 0.185 e. The van der Waals surface area contributed by atoms with Gasteiger partial charge in [0.2, 0.25) is 0 Å². The molecular formula is C14H22N2O2. The summed E-state index contributed by atoms with van der Waals surface area (Å²) in [6.07, 6.45) is 4.30. The van der Waals surface area contributed by atoms with Crippen molar-refractivity contribution in [3.05, 3.63) is 23.7 Å². The van der Waals surface area contributed by atoms with Gasteiger partial charge in [0.15, 0.2) is 12.0 Å². The molecule has 1 N–H and O–H groups in total. The first-order valence-corrected chi connectivity index (χ1v) is 6.82. The van der Waals surface area contributed by atoms with Crippen LogP contribution >= 0.6 is 0 Å². The largest absolute Gasteiger partial charge is 0.457 e. The van der Waals surface area contributed by atoms with Gasteiger partial charge < -0.3 is 9.73 Å². The van der Waals surface area contributed by atoms with Crippen molar-refractivity contribution in [1.82, 2.24) is 10.2 Å². The van der Waals surface area contributed by atoms with Gasteiger partial charge in [-0.05, 0) is 51.0 Å². The van der Waals surface area contributed by atoms with Gasteiger partial charge in [0.25, 0.3) is 0 Å². The van der Waals surface area contributed by atoms with Crippen LogP contribution in [0.1, 0.15) is 42.5 Å². The van der Waals surface area contributed by atoms with E-state index in [1.165, 1.54) is 12.8 Å². The molecule has 0 aliphatic carbocycles. The molecule has 0 bridgehead atoms. The summed E-state index contributed by atoms with van der Waals surface area (Å²) in [5, 5.41) is 3.39. The van der Waals surface area contributed by atoms with Crippen LogP contribution in [0.25, 0.3) is 0 Å². The molecule has 2 heterocycles. The van der Waals surface area contributed by atoms with E-state index in [1.807, 2.05) is 6.07 Å². The van der Waals surface area contributed by atoms with Crippen LogP contribution < -0.4 is 5.32 Å². The Hall–Kier alpha value is -1.13. The summed E-state index contributed by atoms with van der Waals surface area (Å²) in [6.45, 7) is 6.30. The van der Waals surface area contributed by atoms with E-state index in [1.54, 1.807) is 6.07 Å². The molecule has 1 saturated heterocycles. The summed E-state index contributed by atoms with van der Waals surface area (Å²) < 4.78 is 5.48. The fraction of sp³-hybridized carbons (Fsp3) is 0.643. The van der Waals surface area contributed by atoms with Crippen LogP contribution in [0.15, 0.2) is 16.5 Å². The fourth-order valence-corrected chi connectivity index (χ4v) is 2.59. The zero-order valence-electron chi connectivity index (χ0n) is 11.0. The first-order valence-electron chi connectivity index (χ1n) is 6.82. The minimum Gasteiger partial charge on any atom is -0.457 e. The molecule has 0 unspecified atom stereocenters. The van der Waals surface area contributed by atoms with E-state index in [0.29, 0.717) is 11.8 Å². The SMILES string of the molecule is CCCN(Cc1ccc(C=O)o1)C1CCNCC1. The fourth-order valence-electron chi connectivity index (χ4n) is 2.59. The first kappa shape index (κ1) is 13.3. The first-order chi connectivity index (χ1) is 8.83. The van der Waals surface area contributed by atoms with Gasteiger partial charge >= 0.3 is 0 Å². The maximum atomic E-state index is 10.6. The molecule has 0 radical (unpaired) electrons. The van der Waals surface area contributed by atoms with Crippen LogP contribution in [0, 0.1) is 0 Å². The number of carbonyl (C=O) groups is 1. The van der Waals surface area contributed by atoms with Gasteiger partial charge in [-0.3, -0.25) is 9.69 Å². The minimum absolute atomic E-state index is 0.423. The summed E-state index contributed by atoms with van der Waals surface area (Å²) in [5.74, 6) is 1.32. The van der Waals surface area contributed by atoms with Crippen molar-refractivity contribution in [2.75, 3.05) is 19.6 Å². The second-order valence-corrected chi connectivity index (χ2v) is 4.87. The van der Waals surface area contributed by atoms with Crippen molar-refractivity contribution in [2.45, 2.75) is 38.8 Å². The molecule has 0 atom stereocenters. The van der Waals surface area contributed by atoms with Crippen LogP contribution in [0.3, 0.4) is 0 Å². The summed E-state index contributed by atoms with van der Waals surface area (Å²) in [5.41, 5.74) is 0. The molecule has 0 aromatic carbocycles. The van der Waals surface area contributed by atoms with Crippen LogP contribution in [0.2, 0.25) is 0 Å². The molecule has 1 aromatic heterocycles. The highest BCUT2D eigenvalue weighted by Crippen LogP contribution is 2.17. The van der Waals surface area contributed by atoms with E-state index in [9.17, 15) is 4.79 Å². The molecular weight excluding hydrogens is 228 g/mol. The second kappa shape index (κ2) is 6.71. The predicted molar refractivity (Wildman–Crippen MR) is 70.7 cm³/mol. The highest BCUT2D eigenvalue weighted by molar-refractivity contribution is 5.70. The van der Waals surface area contributed by atoms with E-state index in [0.717, 1.165) is 44.6 Å². The average Bonchev–Trinajstić information content (AvgIpc) is 2.87. The molecule has 1 fully saturated rings. The average molecular weight is 250 g/mol. The number of carbonyl (C=O) groups excluding carboxylic acids is 1. The third-order valence-corrected chi connectivity index (χ3v) is 3.49. The summed E-state index contributed by atoms with van der Waals surface area (Å²) in [4.78, 5) is 13.1. The molecule has 1 aliphatic heterocycles. The lowest BCUT2D eigenvalue weighted by Gasteiger charge is -2.33. The van der Waals surface area contributed by atoms with E-state index in [-0.39, 0.29) is 0 Å². The highest BCUT2D eigenvalue weighted by atomic mass is 16.3. The minimum atomic E-state index is 0.423. The van der Waals surface area contributed by atoms with Gasteiger partial charge in [0, 0.05) is 6.04 Å². The number of furan rings is 1. The topological polar surface area (TPSA) is 45.5 Å². The van der Waals surface area contributed by atoms with Gasteiger partial charge in [-0.15, -0.1) is 0 Å². The molecule has 0 spiro atoms. The summed E-state index contributed by atoms with van der Waals surface area (Å²) in [6, 6.07) is 4.29. The van der Waals surface area contributed by atoms with Crippen LogP contribution in [0.5, 0.6) is 0 Å². The molecule has 0 saturated carbocycles. The molecule has 4 nitrogen and oxygen atoms in total. The molecule has 1 aliphatic rings. The number of piperidine rings is 1. The van der Waals surface area contributed by atoms with Crippen LogP contribution in [-0.2, 0) is 6.54 Å². The standard InChI is InChI=1S/C14H22N2O2/c1-2-9-16(12-5-7-15-8-6-12)10-13-3-4-14(11-17)18-13/h3-4,11-12,15H,2,5-10H2,1H3. The number of hydrogen-bond acceptors (Lipinski definition) is 4. The van der Waals surface area contributed by atoms with Crippen molar-refractivity contribution in [2.24, 2.45) is 0 Å². The monoisotopic (exact) mass is 250 g/mol. The van der Waals surface area contributed by atoms with Crippen molar-refractivity contribution < 1.29 is 9.21 Å². The Labute approximate surface area is 108 Å². The third kappa shape index (κ3) is 3.43. The maximum absolute atomic E-state index is 10.6. The Morgan fingerprint density at radius 3 is 2.83 bits per heavy atom. The predicted octanol–water partition coefficient (Wildman–Crippen LogP) is 2.06. The number of hydrogen-bond donors (Lipinski definition) is 1. The Balaban J connectivity index is 1.97. The van der Waals surface area contributed by atoms with Gasteiger partial charge in [-0.2, -0.15) is 0 Å². The number of aldehydes is 1. The molecule has 0 amide bonds. The molecule has 2 rings (SSSR count). The Bertz CT molecular complexity index is 370. The summed E-state index contributed by atoms with van der Waals surface area (Å²) >= 11 is 0. The number of rotatable bonds is 6. The Kier molecular flexibility index (Phi) is 4.96. The molecule has 4 heteroatoms. The second-order valence-electron chi connectivity index (χ2n) is 4.87. The van der Waals surface area contributed by atoms with Crippen molar-refractivity contribution in [3.8, 4) is 0 Å². The molecule has 18 heavy (non-hydrogen) atoms. The van der Waals surface area contributed by atoms with E-state index < -0.39 is 0 Å². The molecule has 1 aromatic rings. The number of nitrogens with zero attached hydrogens (tertiary/aromatic N) is 1. The van der Waals surface area contributed by atoms with Gasteiger partial charge in [0.05, 0.1) is 6.54 Å². The van der Waals surface area contributed by atoms with E-state index >= 15 is 0 Å². The molecule has 100 valence electrons. The highest BCUT2D eigenvalue weighted by Gasteiger charge is 2.21. The van der Waals surface area contributed by atoms with E-state index in [2.05, 4.69) is 17.1 Å². The van der Waals surface area contributed by atoms with Gasteiger partial charge in [0.1, 0.15) is 5.76 Å². The quantitative estimate of drug-likeness (QED) is 0.785. The third-order valence-electron chi connectivity index (χ3n) is 3.49. The normalized spacial score (nSPS) is 17.2. The van der Waals surface area contributed by atoms with Crippen molar-refractivity contribution in [1.29, 1.82) is 0 Å². The lowest BCUT2D eigenvalue weighted by Crippen LogP contribution is -2.43. The lowest BCUT2D eigenvalue weighted by molar-refractivity contribution is 0.109. The number of nitrogens with one attached hydrogen (secondary N) is 1. The lowest BCUT2D eigenvalue weighted by atomic mass is 10.0. The summed E-state index contributed by atoms with van der Waals surface area (Å²) in [7, 11) is 0. The van der Waals surface area contributed by atoms with Gasteiger partial charge in [-0.1, -0.05) is 6.92 Å². The van der Waals surface area contributed by atoms with E-state index in [4.69, 9.17) is 4.42 Å². The Morgan fingerprint density at radius 1 is 1.44 bits per heavy atom. The van der Waals surface area contributed by atoms with Crippen LogP contribution in [0.4, 0.5) is 0 Å². The van der Waals surface area contributed by atoms with Crippen molar-refractivity contribution >= 4 is 6.29 Å². The zero-order valence-corrected chi connectivity index (χ0v) is 11.0. The van der Waals surface area contributed by atoms with Crippen LogP contribution in [-0.4, -0.2) is 36.9 Å². The van der Waals surface area contributed by atoms with Gasteiger partial charge in [-0.25, -0.2) is 0 Å². The Morgan fingerprint density at radius 2 is 2.22 bits per heavy atom.